The summed E-state index contributed by atoms with van der Waals surface area (Å²) in [4.78, 5) is 33.3. The first kappa shape index (κ1) is 20.1. The van der Waals surface area contributed by atoms with Gasteiger partial charge in [0.15, 0.2) is 18.1 Å². The zero-order valence-electron chi connectivity index (χ0n) is 16.7. The van der Waals surface area contributed by atoms with Crippen molar-refractivity contribution in [2.24, 2.45) is 10.9 Å². The molecule has 0 saturated heterocycles. The van der Waals surface area contributed by atoms with Crippen LogP contribution in [0.1, 0.15) is 12.0 Å². The molecule has 0 spiro atoms. The highest BCUT2D eigenvalue weighted by Crippen LogP contribution is 2.30. The molecule has 3 aromatic rings. The lowest BCUT2D eigenvalue weighted by molar-refractivity contribution is -0.125. The van der Waals surface area contributed by atoms with E-state index >= 15 is 0 Å². The van der Waals surface area contributed by atoms with E-state index in [1.165, 1.54) is 7.11 Å². The van der Waals surface area contributed by atoms with E-state index in [0.717, 1.165) is 10.9 Å². The zero-order valence-corrected chi connectivity index (χ0v) is 16.7. The molecule has 1 aliphatic rings. The van der Waals surface area contributed by atoms with E-state index in [2.05, 4.69) is 15.5 Å². The molecule has 1 aromatic heterocycles. The number of primary amides is 1. The largest absolute Gasteiger partial charge is 0.493 e. The van der Waals surface area contributed by atoms with Crippen molar-refractivity contribution in [2.45, 2.75) is 12.5 Å². The molecular weight excluding hydrogens is 400 g/mol. The number of rotatable bonds is 7. The first-order valence-electron chi connectivity index (χ1n) is 9.52. The number of hydrogen-bond acceptors (Lipinski definition) is 7. The third-order valence-corrected chi connectivity index (χ3v) is 4.73. The maximum absolute atomic E-state index is 12.7. The number of nitrogens with two attached hydrogens (primary N) is 1. The lowest BCUT2D eigenvalue weighted by atomic mass is 10.0. The van der Waals surface area contributed by atoms with Gasteiger partial charge >= 0.3 is 0 Å². The minimum atomic E-state index is -0.765. The van der Waals surface area contributed by atoms with Gasteiger partial charge in [-0.3, -0.25) is 14.6 Å². The van der Waals surface area contributed by atoms with E-state index < -0.39 is 12.0 Å². The van der Waals surface area contributed by atoms with E-state index in [0.29, 0.717) is 34.9 Å². The monoisotopic (exact) mass is 420 g/mol. The van der Waals surface area contributed by atoms with E-state index in [4.69, 9.17) is 20.0 Å². The van der Waals surface area contributed by atoms with Crippen LogP contribution in [-0.4, -0.2) is 42.3 Å². The fourth-order valence-electron chi connectivity index (χ4n) is 3.23. The predicted molar refractivity (Wildman–Crippen MR) is 114 cm³/mol. The standard InChI is InChI=1S/C22H20N4O5/c1-29-19-10-13(7-8-18(19)30-12-21(23)27)17-11-20(31-26-17)22(28)25-16-6-2-5-15-14(16)4-3-9-24-15/h2-10,20H,11-12H2,1H3,(H2,23,27)(H,25,28)/t20-/m1/s1. The van der Waals surface area contributed by atoms with Crippen LogP contribution in [0.4, 0.5) is 5.69 Å². The van der Waals surface area contributed by atoms with Gasteiger partial charge in [-0.1, -0.05) is 11.2 Å². The Bertz CT molecular complexity index is 1170. The average molecular weight is 420 g/mol. The van der Waals surface area contributed by atoms with Crippen LogP contribution < -0.4 is 20.5 Å². The van der Waals surface area contributed by atoms with Crippen LogP contribution >= 0.6 is 0 Å². The molecule has 9 nitrogen and oxygen atoms in total. The summed E-state index contributed by atoms with van der Waals surface area (Å²) in [5.41, 5.74) is 7.87. The summed E-state index contributed by atoms with van der Waals surface area (Å²) in [5.74, 6) is -0.0972. The fraction of sp³-hybridized carbons (Fsp3) is 0.182. The van der Waals surface area contributed by atoms with Gasteiger partial charge in [-0.05, 0) is 42.5 Å². The molecule has 2 amide bonds. The Hall–Kier alpha value is -4.14. The number of amides is 2. The third kappa shape index (κ3) is 4.40. The second-order valence-corrected chi connectivity index (χ2v) is 6.82. The van der Waals surface area contributed by atoms with Crippen molar-refractivity contribution in [3.63, 3.8) is 0 Å². The molecule has 0 aliphatic carbocycles. The van der Waals surface area contributed by atoms with Gasteiger partial charge in [0.25, 0.3) is 11.8 Å². The minimum Gasteiger partial charge on any atom is -0.493 e. The Morgan fingerprint density at radius 3 is 2.87 bits per heavy atom. The number of methoxy groups -OCH3 is 1. The molecule has 0 radical (unpaired) electrons. The molecule has 0 unspecified atom stereocenters. The number of hydrogen-bond donors (Lipinski definition) is 2. The maximum atomic E-state index is 12.7. The summed E-state index contributed by atoms with van der Waals surface area (Å²) in [6, 6.07) is 14.3. The molecular formula is C22H20N4O5. The van der Waals surface area contributed by atoms with Crippen LogP contribution in [-0.2, 0) is 14.4 Å². The van der Waals surface area contributed by atoms with Crippen molar-refractivity contribution in [1.82, 2.24) is 4.98 Å². The molecule has 0 bridgehead atoms. The summed E-state index contributed by atoms with van der Waals surface area (Å²) >= 11 is 0. The van der Waals surface area contributed by atoms with Crippen molar-refractivity contribution in [3.05, 3.63) is 60.3 Å². The molecule has 0 fully saturated rings. The molecule has 9 heteroatoms. The summed E-state index contributed by atoms with van der Waals surface area (Å²) in [7, 11) is 1.48. The Kier molecular flexibility index (Phi) is 5.65. The minimum absolute atomic E-state index is 0.258. The number of oxime groups is 1. The fourth-order valence-corrected chi connectivity index (χ4v) is 3.23. The highest BCUT2D eigenvalue weighted by Gasteiger charge is 2.29. The van der Waals surface area contributed by atoms with E-state index in [9.17, 15) is 9.59 Å². The third-order valence-electron chi connectivity index (χ3n) is 4.73. The molecule has 158 valence electrons. The van der Waals surface area contributed by atoms with Crippen LogP contribution in [0.2, 0.25) is 0 Å². The second-order valence-electron chi connectivity index (χ2n) is 6.82. The van der Waals surface area contributed by atoms with Crippen molar-refractivity contribution in [2.75, 3.05) is 19.0 Å². The number of carbonyl (C=O) groups excluding carboxylic acids is 2. The number of pyridine rings is 1. The lowest BCUT2D eigenvalue weighted by Gasteiger charge is -2.12. The highest BCUT2D eigenvalue weighted by molar-refractivity contribution is 6.08. The van der Waals surface area contributed by atoms with Gasteiger partial charge in [0.1, 0.15) is 0 Å². The van der Waals surface area contributed by atoms with Gasteiger partial charge in [0, 0.05) is 23.6 Å². The molecule has 0 saturated carbocycles. The summed E-state index contributed by atoms with van der Waals surface area (Å²) in [6.07, 6.45) is 1.23. The van der Waals surface area contributed by atoms with Gasteiger partial charge < -0.3 is 25.4 Å². The average Bonchev–Trinajstić information content (AvgIpc) is 3.28. The summed E-state index contributed by atoms with van der Waals surface area (Å²) in [5, 5.41) is 7.80. The summed E-state index contributed by atoms with van der Waals surface area (Å²) < 4.78 is 10.6. The van der Waals surface area contributed by atoms with Crippen LogP contribution in [0.25, 0.3) is 10.9 Å². The molecule has 3 N–H and O–H groups in total. The topological polar surface area (TPSA) is 125 Å². The molecule has 2 heterocycles. The Labute approximate surface area is 177 Å². The first-order valence-corrected chi connectivity index (χ1v) is 9.52. The van der Waals surface area contributed by atoms with Crippen LogP contribution in [0.3, 0.4) is 0 Å². The quantitative estimate of drug-likeness (QED) is 0.604. The predicted octanol–water partition coefficient (Wildman–Crippen LogP) is 2.24. The smallest absolute Gasteiger partial charge is 0.268 e. The SMILES string of the molecule is COc1cc(C2=NO[C@@H](C(=O)Nc3cccc4ncccc34)C2)ccc1OCC(N)=O. The second kappa shape index (κ2) is 8.70. The number of aromatic nitrogens is 1. The molecule has 2 aromatic carbocycles. The number of fused-ring (bicyclic) bond motifs is 1. The van der Waals surface area contributed by atoms with Crippen LogP contribution in [0.15, 0.2) is 59.9 Å². The van der Waals surface area contributed by atoms with E-state index in [1.54, 1.807) is 24.4 Å². The zero-order chi connectivity index (χ0) is 21.8. The van der Waals surface area contributed by atoms with Crippen molar-refractivity contribution in [3.8, 4) is 11.5 Å². The maximum Gasteiger partial charge on any atom is 0.268 e. The Morgan fingerprint density at radius 2 is 2.06 bits per heavy atom. The molecule has 31 heavy (non-hydrogen) atoms. The number of benzene rings is 2. The van der Waals surface area contributed by atoms with Crippen molar-refractivity contribution in [1.29, 1.82) is 0 Å². The van der Waals surface area contributed by atoms with Crippen molar-refractivity contribution >= 4 is 34.1 Å². The first-order chi connectivity index (χ1) is 15.0. The Balaban J connectivity index is 1.45. The molecule has 1 aliphatic heterocycles. The molecule has 1 atom stereocenters. The van der Waals surface area contributed by atoms with Gasteiger partial charge in [-0.2, -0.15) is 0 Å². The van der Waals surface area contributed by atoms with Gasteiger partial charge in [0.2, 0.25) is 6.10 Å². The van der Waals surface area contributed by atoms with Gasteiger partial charge in [-0.25, -0.2) is 0 Å². The Morgan fingerprint density at radius 1 is 1.19 bits per heavy atom. The molecule has 4 rings (SSSR count). The van der Waals surface area contributed by atoms with Crippen LogP contribution in [0.5, 0.6) is 11.5 Å². The number of anilines is 1. The van der Waals surface area contributed by atoms with Crippen LogP contribution in [0, 0.1) is 0 Å². The van der Waals surface area contributed by atoms with Gasteiger partial charge in [0.05, 0.1) is 24.0 Å². The van der Waals surface area contributed by atoms with Crippen molar-refractivity contribution < 1.29 is 23.9 Å². The number of nitrogens with zero attached hydrogens (tertiary/aromatic N) is 2. The highest BCUT2D eigenvalue weighted by atomic mass is 16.6. The van der Waals surface area contributed by atoms with E-state index in [1.807, 2.05) is 30.3 Å². The normalized spacial score (nSPS) is 15.1. The number of carbonyl (C=O) groups is 2. The van der Waals surface area contributed by atoms with E-state index in [-0.39, 0.29) is 12.5 Å². The van der Waals surface area contributed by atoms with Gasteiger partial charge in [-0.15, -0.1) is 0 Å². The summed E-state index contributed by atoms with van der Waals surface area (Å²) in [6.45, 7) is -0.258. The number of ether oxygens (including phenoxy) is 2. The number of nitrogens with one attached hydrogen (secondary N) is 1. The lowest BCUT2D eigenvalue weighted by Crippen LogP contribution is -2.28.